The Labute approximate surface area is 107 Å². The van der Waals surface area contributed by atoms with Crippen molar-refractivity contribution >= 4 is 17.4 Å². The van der Waals surface area contributed by atoms with Crippen LogP contribution in [0.25, 0.3) is 0 Å². The van der Waals surface area contributed by atoms with Crippen LogP contribution in [0.5, 0.6) is 5.75 Å². The predicted octanol–water partition coefficient (Wildman–Crippen LogP) is 3.89. The van der Waals surface area contributed by atoms with Gasteiger partial charge in [-0.2, -0.15) is 0 Å². The Morgan fingerprint density at radius 2 is 2.12 bits per heavy atom. The zero-order valence-electron chi connectivity index (χ0n) is 10.3. The van der Waals surface area contributed by atoms with Crippen LogP contribution in [0.1, 0.15) is 42.6 Å². The fraction of sp³-hybridized carbons (Fsp3) is 0.500. The molecular formula is C14H17ClO2. The number of ether oxygens (including phenoxy) is 1. The Hall–Kier alpha value is -1.02. The van der Waals surface area contributed by atoms with Crippen molar-refractivity contribution in [1.29, 1.82) is 0 Å². The molecule has 0 aromatic heterocycles. The van der Waals surface area contributed by atoms with Crippen molar-refractivity contribution in [2.24, 2.45) is 5.92 Å². The van der Waals surface area contributed by atoms with Crippen LogP contribution in [-0.2, 0) is 6.42 Å². The van der Waals surface area contributed by atoms with Crippen LogP contribution in [0.3, 0.4) is 0 Å². The maximum atomic E-state index is 12.1. The number of carbonyl (C=O) groups excluding carboxylic acids is 1. The number of hydrogen-bond donors (Lipinski definition) is 0. The van der Waals surface area contributed by atoms with Crippen molar-refractivity contribution in [3.63, 3.8) is 0 Å². The van der Waals surface area contributed by atoms with Gasteiger partial charge in [-0.15, -0.1) is 0 Å². The molecular weight excluding hydrogens is 236 g/mol. The first-order valence-corrected chi connectivity index (χ1v) is 6.47. The molecule has 0 saturated heterocycles. The lowest BCUT2D eigenvalue weighted by molar-refractivity contribution is 0.0935. The van der Waals surface area contributed by atoms with Gasteiger partial charge in [0.1, 0.15) is 5.75 Å². The van der Waals surface area contributed by atoms with Crippen molar-refractivity contribution in [1.82, 2.24) is 0 Å². The van der Waals surface area contributed by atoms with Gasteiger partial charge in [0.15, 0.2) is 5.78 Å². The molecule has 1 aliphatic rings. The average Bonchev–Trinajstić information content (AvgIpc) is 2.51. The molecule has 17 heavy (non-hydrogen) atoms. The lowest BCUT2D eigenvalue weighted by Gasteiger charge is -2.14. The Balaban J connectivity index is 2.50. The molecule has 1 aliphatic heterocycles. The van der Waals surface area contributed by atoms with Crippen LogP contribution in [0.2, 0.25) is 5.02 Å². The highest BCUT2D eigenvalue weighted by molar-refractivity contribution is 6.31. The third-order valence-corrected chi connectivity index (χ3v) is 3.23. The zero-order chi connectivity index (χ0) is 12.4. The fourth-order valence-electron chi connectivity index (χ4n) is 2.09. The van der Waals surface area contributed by atoms with Gasteiger partial charge in [0, 0.05) is 10.9 Å². The van der Waals surface area contributed by atoms with Crippen LogP contribution in [0.15, 0.2) is 12.1 Å². The van der Waals surface area contributed by atoms with E-state index in [4.69, 9.17) is 16.3 Å². The summed E-state index contributed by atoms with van der Waals surface area (Å²) < 4.78 is 5.73. The van der Waals surface area contributed by atoms with E-state index in [1.807, 2.05) is 19.9 Å². The maximum absolute atomic E-state index is 12.1. The van der Waals surface area contributed by atoms with Gasteiger partial charge >= 0.3 is 0 Å². The van der Waals surface area contributed by atoms with Gasteiger partial charge in [0.25, 0.3) is 0 Å². The smallest absolute Gasteiger partial charge is 0.169 e. The second-order valence-electron chi connectivity index (χ2n) is 4.77. The lowest BCUT2D eigenvalue weighted by atomic mass is 9.96. The van der Waals surface area contributed by atoms with Crippen LogP contribution in [-0.4, -0.2) is 12.4 Å². The van der Waals surface area contributed by atoms with Gasteiger partial charge in [0.2, 0.25) is 0 Å². The van der Waals surface area contributed by atoms with Crippen LogP contribution < -0.4 is 4.74 Å². The monoisotopic (exact) mass is 252 g/mol. The van der Waals surface area contributed by atoms with Gasteiger partial charge < -0.3 is 4.74 Å². The molecule has 2 nitrogen and oxygen atoms in total. The number of rotatable bonds is 2. The largest absolute Gasteiger partial charge is 0.493 e. The summed E-state index contributed by atoms with van der Waals surface area (Å²) in [5, 5.41) is 0.623. The third kappa shape index (κ3) is 2.63. The Kier molecular flexibility index (Phi) is 3.72. The first kappa shape index (κ1) is 12.4. The molecule has 0 atom stereocenters. The molecule has 1 heterocycles. The third-order valence-electron chi connectivity index (χ3n) is 3.01. The van der Waals surface area contributed by atoms with Gasteiger partial charge in [-0.1, -0.05) is 25.4 Å². The fourth-order valence-corrected chi connectivity index (χ4v) is 2.33. The zero-order valence-corrected chi connectivity index (χ0v) is 11.0. The molecule has 0 N–H and O–H groups in total. The first-order valence-electron chi connectivity index (χ1n) is 6.09. The second kappa shape index (κ2) is 5.09. The quantitative estimate of drug-likeness (QED) is 0.747. The number of fused-ring (bicyclic) bond motifs is 1. The highest BCUT2D eigenvalue weighted by atomic mass is 35.5. The number of benzene rings is 1. The topological polar surface area (TPSA) is 26.3 Å². The average molecular weight is 253 g/mol. The Morgan fingerprint density at radius 3 is 2.82 bits per heavy atom. The van der Waals surface area contributed by atoms with E-state index in [-0.39, 0.29) is 11.7 Å². The molecule has 3 heteroatoms. The standard InChI is InChI=1S/C14H17ClO2/c1-9(2)13(16)12-8-11(15)7-10-5-3-4-6-17-14(10)12/h7-9H,3-6H2,1-2H3. The van der Waals surface area contributed by atoms with Gasteiger partial charge in [-0.3, -0.25) is 4.79 Å². The van der Waals surface area contributed by atoms with Gasteiger partial charge in [0.05, 0.1) is 12.2 Å². The second-order valence-corrected chi connectivity index (χ2v) is 5.20. The first-order chi connectivity index (χ1) is 8.09. The maximum Gasteiger partial charge on any atom is 0.169 e. The molecule has 0 fully saturated rings. The molecule has 0 amide bonds. The lowest BCUT2D eigenvalue weighted by Crippen LogP contribution is -2.11. The molecule has 0 saturated carbocycles. The molecule has 2 rings (SSSR count). The van der Waals surface area contributed by atoms with Gasteiger partial charge in [-0.05, 0) is 37.0 Å². The van der Waals surface area contributed by atoms with Crippen molar-refractivity contribution in [3.05, 3.63) is 28.3 Å². The molecule has 0 radical (unpaired) electrons. The number of ketones is 1. The van der Waals surface area contributed by atoms with E-state index < -0.39 is 0 Å². The normalized spacial score (nSPS) is 15.1. The summed E-state index contributed by atoms with van der Waals surface area (Å²) in [5.74, 6) is 0.820. The van der Waals surface area contributed by atoms with Crippen molar-refractivity contribution < 1.29 is 9.53 Å². The molecule has 1 aromatic rings. The number of aryl methyl sites for hydroxylation is 1. The predicted molar refractivity (Wildman–Crippen MR) is 69.1 cm³/mol. The summed E-state index contributed by atoms with van der Waals surface area (Å²) in [7, 11) is 0. The summed E-state index contributed by atoms with van der Waals surface area (Å²) in [6, 6.07) is 3.65. The van der Waals surface area contributed by atoms with Gasteiger partial charge in [-0.25, -0.2) is 0 Å². The number of carbonyl (C=O) groups is 1. The summed E-state index contributed by atoms with van der Waals surface area (Å²) in [5.41, 5.74) is 1.71. The number of halogens is 1. The van der Waals surface area contributed by atoms with E-state index in [1.165, 1.54) is 0 Å². The molecule has 1 aromatic carbocycles. The number of hydrogen-bond acceptors (Lipinski definition) is 2. The Morgan fingerprint density at radius 1 is 1.35 bits per heavy atom. The summed E-state index contributed by atoms with van der Waals surface area (Å²) in [6.07, 6.45) is 3.05. The molecule has 0 unspecified atom stereocenters. The minimum Gasteiger partial charge on any atom is -0.493 e. The Bertz CT molecular complexity index is 438. The summed E-state index contributed by atoms with van der Waals surface area (Å²) in [4.78, 5) is 12.1. The molecule has 0 aliphatic carbocycles. The van der Waals surface area contributed by atoms with E-state index in [1.54, 1.807) is 6.07 Å². The van der Waals surface area contributed by atoms with E-state index in [2.05, 4.69) is 0 Å². The SMILES string of the molecule is CC(C)C(=O)c1cc(Cl)cc2c1OCCCC2. The van der Waals surface area contributed by atoms with Crippen LogP contribution in [0, 0.1) is 5.92 Å². The summed E-state index contributed by atoms with van der Waals surface area (Å²) in [6.45, 7) is 4.48. The highest BCUT2D eigenvalue weighted by Crippen LogP contribution is 2.33. The number of Topliss-reactive ketones (excluding diaryl/α,β-unsaturated/α-hetero) is 1. The van der Waals surface area contributed by atoms with Crippen LogP contribution >= 0.6 is 11.6 Å². The van der Waals surface area contributed by atoms with Crippen molar-refractivity contribution in [2.75, 3.05) is 6.61 Å². The van der Waals surface area contributed by atoms with E-state index >= 15 is 0 Å². The van der Waals surface area contributed by atoms with E-state index in [0.717, 1.165) is 30.6 Å². The van der Waals surface area contributed by atoms with Crippen LogP contribution in [0.4, 0.5) is 0 Å². The minimum atomic E-state index is -0.0376. The van der Waals surface area contributed by atoms with Crippen molar-refractivity contribution in [3.8, 4) is 5.75 Å². The molecule has 0 bridgehead atoms. The summed E-state index contributed by atoms with van der Waals surface area (Å²) >= 11 is 6.08. The van der Waals surface area contributed by atoms with E-state index in [9.17, 15) is 4.79 Å². The minimum absolute atomic E-state index is 0.0376. The van der Waals surface area contributed by atoms with Crippen molar-refractivity contribution in [2.45, 2.75) is 33.1 Å². The van der Waals surface area contributed by atoms with E-state index in [0.29, 0.717) is 17.2 Å². The molecule has 0 spiro atoms. The highest BCUT2D eigenvalue weighted by Gasteiger charge is 2.21. The molecule has 92 valence electrons.